The number of aryl methyl sites for hydroxylation is 1. The molecule has 2 rings (SSSR count). The summed E-state index contributed by atoms with van der Waals surface area (Å²) in [6.07, 6.45) is 3.29. The van der Waals surface area contributed by atoms with E-state index in [1.165, 1.54) is 0 Å². The molecule has 3 heteroatoms. The molecule has 2 N–H and O–H groups in total. The van der Waals surface area contributed by atoms with Crippen LogP contribution in [0.5, 0.6) is 5.75 Å². The third kappa shape index (κ3) is 2.28. The van der Waals surface area contributed by atoms with E-state index >= 15 is 0 Å². The molecule has 0 unspecified atom stereocenters. The van der Waals surface area contributed by atoms with Crippen molar-refractivity contribution in [3.05, 3.63) is 28.2 Å². The Morgan fingerprint density at radius 2 is 2.07 bits per heavy atom. The minimum atomic E-state index is -0.436. The Morgan fingerprint density at radius 3 is 2.71 bits per heavy atom. The van der Waals surface area contributed by atoms with E-state index in [4.69, 9.17) is 0 Å². The van der Waals surface area contributed by atoms with E-state index in [0.29, 0.717) is 5.75 Å². The van der Waals surface area contributed by atoms with E-state index in [1.807, 2.05) is 12.1 Å². The maximum Gasteiger partial charge on any atom is 0.118 e. The summed E-state index contributed by atoms with van der Waals surface area (Å²) in [7, 11) is 0. The SMILES string of the molecule is Oc1ccc(Br)cc1CCC1(O)CC1. The number of benzene rings is 1. The number of hydrogen-bond donors (Lipinski definition) is 2. The average Bonchev–Trinajstić information content (AvgIpc) is 2.87. The Balaban J connectivity index is 2.04. The molecule has 76 valence electrons. The molecule has 0 spiro atoms. The van der Waals surface area contributed by atoms with Crippen molar-refractivity contribution in [1.29, 1.82) is 0 Å². The van der Waals surface area contributed by atoms with Crippen LogP contribution in [0.25, 0.3) is 0 Å². The zero-order valence-electron chi connectivity index (χ0n) is 7.83. The monoisotopic (exact) mass is 256 g/mol. The van der Waals surface area contributed by atoms with Crippen molar-refractivity contribution in [3.8, 4) is 5.75 Å². The third-order valence-electron chi connectivity index (χ3n) is 2.73. The summed E-state index contributed by atoms with van der Waals surface area (Å²) < 4.78 is 0.966. The molecule has 0 radical (unpaired) electrons. The van der Waals surface area contributed by atoms with E-state index < -0.39 is 5.60 Å². The van der Waals surface area contributed by atoms with Gasteiger partial charge in [0.05, 0.1) is 5.60 Å². The third-order valence-corrected chi connectivity index (χ3v) is 3.22. The maximum atomic E-state index is 9.66. The van der Waals surface area contributed by atoms with Crippen molar-refractivity contribution >= 4 is 15.9 Å². The van der Waals surface area contributed by atoms with Gasteiger partial charge in [-0.15, -0.1) is 0 Å². The Kier molecular flexibility index (Phi) is 2.54. The largest absolute Gasteiger partial charge is 0.508 e. The minimum absolute atomic E-state index is 0.317. The predicted octanol–water partition coefficient (Wildman–Crippen LogP) is 2.61. The van der Waals surface area contributed by atoms with Gasteiger partial charge in [-0.1, -0.05) is 15.9 Å². The van der Waals surface area contributed by atoms with Gasteiger partial charge in [0, 0.05) is 4.47 Å². The van der Waals surface area contributed by atoms with Crippen molar-refractivity contribution < 1.29 is 10.2 Å². The molecule has 1 aromatic carbocycles. The zero-order chi connectivity index (χ0) is 10.2. The van der Waals surface area contributed by atoms with Crippen LogP contribution in [0.3, 0.4) is 0 Å². The quantitative estimate of drug-likeness (QED) is 0.873. The molecule has 1 saturated carbocycles. The van der Waals surface area contributed by atoms with Crippen LogP contribution >= 0.6 is 15.9 Å². The number of phenolic OH excluding ortho intramolecular Hbond substituents is 1. The van der Waals surface area contributed by atoms with Crippen molar-refractivity contribution in [1.82, 2.24) is 0 Å². The van der Waals surface area contributed by atoms with Gasteiger partial charge < -0.3 is 10.2 Å². The first-order valence-corrected chi connectivity index (χ1v) is 5.58. The smallest absolute Gasteiger partial charge is 0.118 e. The lowest BCUT2D eigenvalue weighted by Crippen LogP contribution is -2.07. The Hall–Kier alpha value is -0.540. The summed E-state index contributed by atoms with van der Waals surface area (Å²) in [5, 5.41) is 19.2. The lowest BCUT2D eigenvalue weighted by molar-refractivity contribution is 0.140. The lowest BCUT2D eigenvalue weighted by Gasteiger charge is -2.08. The van der Waals surface area contributed by atoms with Gasteiger partial charge in [-0.25, -0.2) is 0 Å². The molecular weight excluding hydrogens is 244 g/mol. The summed E-state index contributed by atoms with van der Waals surface area (Å²) in [5.41, 5.74) is 0.467. The zero-order valence-corrected chi connectivity index (χ0v) is 9.42. The summed E-state index contributed by atoms with van der Waals surface area (Å²) in [6.45, 7) is 0. The van der Waals surface area contributed by atoms with Crippen molar-refractivity contribution in [3.63, 3.8) is 0 Å². The second-order valence-corrected chi connectivity index (χ2v) is 4.91. The van der Waals surface area contributed by atoms with Gasteiger partial charge in [-0.05, 0) is 49.4 Å². The fourth-order valence-corrected chi connectivity index (χ4v) is 1.92. The Labute approximate surface area is 91.7 Å². The maximum absolute atomic E-state index is 9.66. The summed E-state index contributed by atoms with van der Waals surface area (Å²) in [6, 6.07) is 5.39. The first-order chi connectivity index (χ1) is 6.59. The average molecular weight is 257 g/mol. The highest BCUT2D eigenvalue weighted by molar-refractivity contribution is 9.10. The van der Waals surface area contributed by atoms with Gasteiger partial charge in [0.25, 0.3) is 0 Å². The molecule has 0 atom stereocenters. The number of aromatic hydroxyl groups is 1. The number of hydrogen-bond acceptors (Lipinski definition) is 2. The number of halogens is 1. The van der Waals surface area contributed by atoms with Crippen LogP contribution in [-0.2, 0) is 6.42 Å². The fourth-order valence-electron chi connectivity index (χ4n) is 1.52. The van der Waals surface area contributed by atoms with Gasteiger partial charge in [0.15, 0.2) is 0 Å². The molecule has 1 aromatic rings. The van der Waals surface area contributed by atoms with Crippen LogP contribution < -0.4 is 0 Å². The highest BCUT2D eigenvalue weighted by Crippen LogP contribution is 2.40. The van der Waals surface area contributed by atoms with Crippen molar-refractivity contribution in [2.24, 2.45) is 0 Å². The molecule has 1 aliphatic carbocycles. The molecule has 0 bridgehead atoms. The topological polar surface area (TPSA) is 40.5 Å². The summed E-state index contributed by atoms with van der Waals surface area (Å²) in [4.78, 5) is 0. The number of aliphatic hydroxyl groups is 1. The molecule has 0 saturated heterocycles. The van der Waals surface area contributed by atoms with E-state index in [2.05, 4.69) is 15.9 Å². The molecule has 2 nitrogen and oxygen atoms in total. The van der Waals surface area contributed by atoms with Crippen LogP contribution in [0.15, 0.2) is 22.7 Å². The summed E-state index contributed by atoms with van der Waals surface area (Å²) >= 11 is 3.36. The molecule has 0 amide bonds. The first-order valence-electron chi connectivity index (χ1n) is 4.79. The van der Waals surface area contributed by atoms with Gasteiger partial charge in [-0.2, -0.15) is 0 Å². The van der Waals surface area contributed by atoms with E-state index in [9.17, 15) is 10.2 Å². The fraction of sp³-hybridized carbons (Fsp3) is 0.455. The van der Waals surface area contributed by atoms with Crippen LogP contribution in [-0.4, -0.2) is 15.8 Å². The molecule has 14 heavy (non-hydrogen) atoms. The predicted molar refractivity (Wildman–Crippen MR) is 58.3 cm³/mol. The number of rotatable bonds is 3. The van der Waals surface area contributed by atoms with Crippen molar-refractivity contribution in [2.75, 3.05) is 0 Å². The Bertz CT molecular complexity index is 345. The van der Waals surface area contributed by atoms with Gasteiger partial charge in [-0.3, -0.25) is 0 Å². The minimum Gasteiger partial charge on any atom is -0.508 e. The normalized spacial score (nSPS) is 18.1. The van der Waals surface area contributed by atoms with Crippen molar-refractivity contribution in [2.45, 2.75) is 31.3 Å². The second kappa shape index (κ2) is 3.55. The van der Waals surface area contributed by atoms with Crippen LogP contribution in [0.2, 0.25) is 0 Å². The molecule has 0 heterocycles. The molecule has 0 aliphatic heterocycles. The van der Waals surface area contributed by atoms with Gasteiger partial charge in [0.2, 0.25) is 0 Å². The van der Waals surface area contributed by atoms with Gasteiger partial charge in [0.1, 0.15) is 5.75 Å². The highest BCUT2D eigenvalue weighted by Gasteiger charge is 2.39. The molecule has 0 aromatic heterocycles. The molecular formula is C11H13BrO2. The Morgan fingerprint density at radius 1 is 1.36 bits per heavy atom. The highest BCUT2D eigenvalue weighted by atomic mass is 79.9. The van der Waals surface area contributed by atoms with Gasteiger partial charge >= 0.3 is 0 Å². The summed E-state index contributed by atoms with van der Waals surface area (Å²) in [5.74, 6) is 0.317. The molecule has 1 aliphatic rings. The second-order valence-electron chi connectivity index (χ2n) is 4.00. The standard InChI is InChI=1S/C11H13BrO2/c12-9-1-2-10(13)8(7-9)3-4-11(14)5-6-11/h1-2,7,13-14H,3-6H2. The number of phenols is 1. The van der Waals surface area contributed by atoms with E-state index in [-0.39, 0.29) is 0 Å². The van der Waals surface area contributed by atoms with Crippen LogP contribution in [0, 0.1) is 0 Å². The van der Waals surface area contributed by atoms with Crippen LogP contribution in [0.4, 0.5) is 0 Å². The van der Waals surface area contributed by atoms with E-state index in [1.54, 1.807) is 6.07 Å². The van der Waals surface area contributed by atoms with Crippen LogP contribution in [0.1, 0.15) is 24.8 Å². The van der Waals surface area contributed by atoms with E-state index in [0.717, 1.165) is 35.7 Å². The molecule has 1 fully saturated rings. The lowest BCUT2D eigenvalue weighted by atomic mass is 10.1. The first kappa shape index (κ1) is 9.99.